The summed E-state index contributed by atoms with van der Waals surface area (Å²) in [6.45, 7) is 5.18. The first-order chi connectivity index (χ1) is 13.2. The minimum absolute atomic E-state index is 0.0511. The van der Waals surface area contributed by atoms with E-state index in [1.807, 2.05) is 17.5 Å². The van der Waals surface area contributed by atoms with Crippen molar-refractivity contribution in [2.45, 2.75) is 44.4 Å². The summed E-state index contributed by atoms with van der Waals surface area (Å²) in [4.78, 5) is 25.7. The maximum atomic E-state index is 12.5. The normalized spacial score (nSPS) is 13.7. The lowest BCUT2D eigenvalue weighted by Gasteiger charge is -2.22. The van der Waals surface area contributed by atoms with Crippen molar-refractivity contribution in [3.05, 3.63) is 52.7 Å². The number of hydrogen-bond donors (Lipinski definition) is 2. The highest BCUT2D eigenvalue weighted by Gasteiger charge is 2.31. The number of carbonyl (C=O) groups excluding carboxylic acids is 2. The van der Waals surface area contributed by atoms with Crippen LogP contribution in [0.3, 0.4) is 0 Å². The van der Waals surface area contributed by atoms with Crippen LogP contribution in [-0.4, -0.2) is 32.4 Å². The minimum Gasteiger partial charge on any atom is -0.451 e. The van der Waals surface area contributed by atoms with E-state index in [4.69, 9.17) is 4.74 Å². The van der Waals surface area contributed by atoms with E-state index in [9.17, 15) is 18.0 Å². The zero-order valence-corrected chi connectivity index (χ0v) is 17.5. The largest absolute Gasteiger partial charge is 0.451 e. The maximum absolute atomic E-state index is 12.5. The molecule has 1 aromatic carbocycles. The summed E-state index contributed by atoms with van der Waals surface area (Å²) in [6.07, 6.45) is -1.05. The average Bonchev–Trinajstić information content (AvgIpc) is 3.18. The Labute approximate surface area is 169 Å². The van der Waals surface area contributed by atoms with E-state index in [-0.39, 0.29) is 10.8 Å². The molecule has 0 saturated heterocycles. The number of sulfonamides is 1. The zero-order valence-electron chi connectivity index (χ0n) is 15.9. The van der Waals surface area contributed by atoms with Gasteiger partial charge in [-0.1, -0.05) is 38.1 Å². The second kappa shape index (κ2) is 9.81. The van der Waals surface area contributed by atoms with E-state index in [2.05, 4.69) is 10.0 Å². The van der Waals surface area contributed by atoms with Gasteiger partial charge in [0.25, 0.3) is 5.91 Å². The standard InChI is InChI=1S/C19H24N2O5S2/c1-13(2)17(21-28(24,25)16-9-5-4-6-10-16)19(23)26-14(3)18(22)20-12-15-8-7-11-27-15/h4-11,13-14,17,21H,12H2,1-3H3,(H,20,22)/t14?,17-/m0/s1. The van der Waals surface area contributed by atoms with Gasteiger partial charge in [-0.3, -0.25) is 9.59 Å². The van der Waals surface area contributed by atoms with Gasteiger partial charge in [-0.15, -0.1) is 11.3 Å². The molecule has 152 valence electrons. The maximum Gasteiger partial charge on any atom is 0.325 e. The van der Waals surface area contributed by atoms with Crippen LogP contribution in [0.4, 0.5) is 0 Å². The predicted molar refractivity (Wildman–Crippen MR) is 107 cm³/mol. The number of rotatable bonds is 9. The van der Waals surface area contributed by atoms with Gasteiger partial charge in [0.15, 0.2) is 6.10 Å². The first-order valence-electron chi connectivity index (χ1n) is 8.78. The van der Waals surface area contributed by atoms with Crippen molar-refractivity contribution in [1.82, 2.24) is 10.0 Å². The van der Waals surface area contributed by atoms with Crippen LogP contribution in [0.1, 0.15) is 25.6 Å². The molecule has 0 fully saturated rings. The lowest BCUT2D eigenvalue weighted by Crippen LogP contribution is -2.47. The Bertz CT molecular complexity index is 880. The molecule has 0 aliphatic heterocycles. The van der Waals surface area contributed by atoms with Gasteiger partial charge in [0.1, 0.15) is 6.04 Å². The average molecular weight is 425 g/mol. The highest BCUT2D eigenvalue weighted by molar-refractivity contribution is 7.89. The Kier molecular flexibility index (Phi) is 7.73. The molecule has 0 spiro atoms. The van der Waals surface area contributed by atoms with Gasteiger partial charge in [-0.05, 0) is 36.4 Å². The topological polar surface area (TPSA) is 102 Å². The number of amides is 1. The van der Waals surface area contributed by atoms with Crippen LogP contribution in [0.15, 0.2) is 52.7 Å². The van der Waals surface area contributed by atoms with E-state index in [1.165, 1.54) is 30.4 Å². The molecular formula is C19H24N2O5S2. The highest BCUT2D eigenvalue weighted by atomic mass is 32.2. The molecule has 0 aliphatic rings. The Morgan fingerprint density at radius 2 is 1.75 bits per heavy atom. The summed E-state index contributed by atoms with van der Waals surface area (Å²) in [5.74, 6) is -1.61. The highest BCUT2D eigenvalue weighted by Crippen LogP contribution is 2.13. The predicted octanol–water partition coefficient (Wildman–Crippen LogP) is 2.30. The van der Waals surface area contributed by atoms with E-state index < -0.39 is 34.0 Å². The summed E-state index contributed by atoms with van der Waals surface area (Å²) in [6, 6.07) is 10.4. The van der Waals surface area contributed by atoms with Gasteiger partial charge in [0.05, 0.1) is 11.4 Å². The third kappa shape index (κ3) is 6.15. The number of esters is 1. The van der Waals surface area contributed by atoms with Gasteiger partial charge < -0.3 is 10.1 Å². The molecule has 0 saturated carbocycles. The molecule has 28 heavy (non-hydrogen) atoms. The number of hydrogen-bond acceptors (Lipinski definition) is 6. The number of thiophene rings is 1. The summed E-state index contributed by atoms with van der Waals surface area (Å²) in [5, 5.41) is 4.59. The van der Waals surface area contributed by atoms with Gasteiger partial charge in [-0.25, -0.2) is 8.42 Å². The fourth-order valence-corrected chi connectivity index (χ4v) is 4.32. The summed E-state index contributed by atoms with van der Waals surface area (Å²) in [5.41, 5.74) is 0. The molecule has 1 aromatic heterocycles. The first-order valence-corrected chi connectivity index (χ1v) is 11.1. The molecule has 2 N–H and O–H groups in total. The molecule has 2 aromatic rings. The molecule has 9 heteroatoms. The van der Waals surface area contributed by atoms with Crippen LogP contribution in [0.5, 0.6) is 0 Å². The van der Waals surface area contributed by atoms with Crippen molar-refractivity contribution in [3.63, 3.8) is 0 Å². The molecular weight excluding hydrogens is 400 g/mol. The van der Waals surface area contributed by atoms with Gasteiger partial charge in [0.2, 0.25) is 10.0 Å². The second-order valence-electron chi connectivity index (χ2n) is 6.53. The van der Waals surface area contributed by atoms with Crippen molar-refractivity contribution < 1.29 is 22.7 Å². The molecule has 1 amide bonds. The lowest BCUT2D eigenvalue weighted by atomic mass is 10.1. The third-order valence-electron chi connectivity index (χ3n) is 3.94. The smallest absolute Gasteiger partial charge is 0.325 e. The monoisotopic (exact) mass is 424 g/mol. The number of benzene rings is 1. The van der Waals surface area contributed by atoms with E-state index in [0.29, 0.717) is 6.54 Å². The number of carbonyl (C=O) groups is 2. The quantitative estimate of drug-likeness (QED) is 0.602. The summed E-state index contributed by atoms with van der Waals surface area (Å²) >= 11 is 1.50. The molecule has 7 nitrogen and oxygen atoms in total. The number of ether oxygens (including phenoxy) is 1. The van der Waals surface area contributed by atoms with Crippen molar-refractivity contribution in [1.29, 1.82) is 0 Å². The van der Waals surface area contributed by atoms with Gasteiger partial charge >= 0.3 is 5.97 Å². The Hall–Kier alpha value is -2.23. The van der Waals surface area contributed by atoms with E-state index >= 15 is 0 Å². The van der Waals surface area contributed by atoms with Crippen molar-refractivity contribution >= 4 is 33.2 Å². The van der Waals surface area contributed by atoms with Gasteiger partial charge in [-0.2, -0.15) is 4.72 Å². The summed E-state index contributed by atoms with van der Waals surface area (Å²) in [7, 11) is -3.90. The van der Waals surface area contributed by atoms with Crippen LogP contribution in [0.25, 0.3) is 0 Å². The van der Waals surface area contributed by atoms with Crippen LogP contribution in [0, 0.1) is 5.92 Å². The Morgan fingerprint density at radius 1 is 1.07 bits per heavy atom. The molecule has 0 aliphatic carbocycles. The second-order valence-corrected chi connectivity index (χ2v) is 9.28. The molecule has 2 atom stereocenters. The molecule has 1 unspecified atom stereocenters. The van der Waals surface area contributed by atoms with Crippen LogP contribution >= 0.6 is 11.3 Å². The summed E-state index contributed by atoms with van der Waals surface area (Å²) < 4.78 is 32.6. The first kappa shape index (κ1) is 22.1. The molecule has 2 rings (SSSR count). The van der Waals surface area contributed by atoms with Crippen LogP contribution in [-0.2, 0) is 30.9 Å². The SMILES string of the molecule is CC(OC(=O)[C@@H](NS(=O)(=O)c1ccccc1)C(C)C)C(=O)NCc1cccs1. The number of nitrogens with one attached hydrogen (secondary N) is 2. The van der Waals surface area contributed by atoms with E-state index in [1.54, 1.807) is 32.0 Å². The fraction of sp³-hybridized carbons (Fsp3) is 0.368. The molecule has 0 bridgehead atoms. The van der Waals surface area contributed by atoms with Crippen LogP contribution in [0.2, 0.25) is 0 Å². The molecule has 1 heterocycles. The third-order valence-corrected chi connectivity index (χ3v) is 6.27. The molecule has 0 radical (unpaired) electrons. The van der Waals surface area contributed by atoms with E-state index in [0.717, 1.165) is 4.88 Å². The Morgan fingerprint density at radius 3 is 2.32 bits per heavy atom. The van der Waals surface area contributed by atoms with Crippen molar-refractivity contribution in [2.24, 2.45) is 5.92 Å². The van der Waals surface area contributed by atoms with Crippen molar-refractivity contribution in [2.75, 3.05) is 0 Å². The lowest BCUT2D eigenvalue weighted by molar-refractivity contribution is -0.157. The Balaban J connectivity index is 1.99. The zero-order chi connectivity index (χ0) is 20.7. The van der Waals surface area contributed by atoms with Crippen molar-refractivity contribution in [3.8, 4) is 0 Å². The van der Waals surface area contributed by atoms with Crippen LogP contribution < -0.4 is 10.0 Å². The van der Waals surface area contributed by atoms with Gasteiger partial charge in [0, 0.05) is 4.88 Å². The minimum atomic E-state index is -3.90. The fourth-order valence-electron chi connectivity index (χ4n) is 2.32.